The summed E-state index contributed by atoms with van der Waals surface area (Å²) < 4.78 is 26.4. The van der Waals surface area contributed by atoms with Gasteiger partial charge in [0.1, 0.15) is 17.0 Å². The Bertz CT molecular complexity index is 395. The van der Waals surface area contributed by atoms with Crippen molar-refractivity contribution >= 4 is 17.5 Å². The molecule has 0 bridgehead atoms. The molecule has 0 fully saturated rings. The van der Waals surface area contributed by atoms with E-state index in [1.54, 1.807) is 0 Å². The van der Waals surface area contributed by atoms with Crippen molar-refractivity contribution in [3.05, 3.63) is 34.9 Å². The Hall–Kier alpha value is -1.16. The number of halogens is 3. The maximum Gasteiger partial charge on any atom is 0.235 e. The van der Waals surface area contributed by atoms with Crippen LogP contribution in [0, 0.1) is 18.6 Å². The monoisotopic (exact) mass is 233 g/mol. The minimum Gasteiger partial charge on any atom is -0.368 e. The van der Waals surface area contributed by atoms with Crippen LogP contribution in [0.25, 0.3) is 0 Å². The lowest BCUT2D eigenvalue weighted by Crippen LogP contribution is -2.25. The number of aryl methyl sites for hydroxylation is 1. The van der Waals surface area contributed by atoms with Gasteiger partial charge in [-0.05, 0) is 30.2 Å². The van der Waals surface area contributed by atoms with E-state index in [1.807, 2.05) is 0 Å². The number of hydrogen-bond acceptors (Lipinski definition) is 1. The van der Waals surface area contributed by atoms with Crippen molar-refractivity contribution in [2.24, 2.45) is 5.73 Å². The molecule has 1 amide bonds. The molecule has 0 spiro atoms. The molecule has 2 nitrogen and oxygen atoms in total. The lowest BCUT2D eigenvalue weighted by atomic mass is 10.1. The van der Waals surface area contributed by atoms with Crippen LogP contribution in [0.5, 0.6) is 0 Å². The van der Waals surface area contributed by atoms with Gasteiger partial charge in [0.15, 0.2) is 0 Å². The molecular formula is C10H10ClF2NO. The second kappa shape index (κ2) is 4.57. The highest BCUT2D eigenvalue weighted by atomic mass is 35.5. The number of carbonyl (C=O) groups excluding carboxylic acids is 1. The summed E-state index contributed by atoms with van der Waals surface area (Å²) in [7, 11) is 0. The number of benzene rings is 1. The molecule has 0 aromatic heterocycles. The van der Waals surface area contributed by atoms with Gasteiger partial charge < -0.3 is 5.73 Å². The van der Waals surface area contributed by atoms with Crippen LogP contribution in [0.15, 0.2) is 12.1 Å². The Morgan fingerprint density at radius 1 is 1.47 bits per heavy atom. The molecule has 2 N–H and O–H groups in total. The number of primary amides is 1. The first-order chi connectivity index (χ1) is 6.91. The van der Waals surface area contributed by atoms with Crippen molar-refractivity contribution < 1.29 is 13.6 Å². The van der Waals surface area contributed by atoms with E-state index in [4.69, 9.17) is 17.3 Å². The van der Waals surface area contributed by atoms with E-state index >= 15 is 0 Å². The number of rotatable bonds is 3. The summed E-state index contributed by atoms with van der Waals surface area (Å²) in [5, 5.41) is -1.03. The highest BCUT2D eigenvalue weighted by molar-refractivity contribution is 6.30. The molecule has 0 saturated heterocycles. The molecule has 1 aromatic carbocycles. The quantitative estimate of drug-likeness (QED) is 0.797. The Morgan fingerprint density at radius 3 is 2.60 bits per heavy atom. The highest BCUT2D eigenvalue weighted by Crippen LogP contribution is 2.17. The minimum atomic E-state index is -1.03. The maximum absolute atomic E-state index is 13.3. The van der Waals surface area contributed by atoms with Crippen LogP contribution >= 0.6 is 11.6 Å². The Morgan fingerprint density at radius 2 is 2.07 bits per heavy atom. The normalized spacial score (nSPS) is 12.5. The molecule has 1 atom stereocenters. The Labute approximate surface area is 91.0 Å². The Kier molecular flexibility index (Phi) is 3.63. The number of carbonyl (C=O) groups is 1. The second-order valence-electron chi connectivity index (χ2n) is 3.27. The standard InChI is InChI=1S/C10H10ClF2NO/c1-5-2-9(13)6(4-8(5)12)3-7(11)10(14)15/h2,4,7H,3H2,1H3,(H2,14,15). The SMILES string of the molecule is Cc1cc(F)c(CC(Cl)C(N)=O)cc1F. The predicted molar refractivity (Wildman–Crippen MR) is 53.6 cm³/mol. The summed E-state index contributed by atoms with van der Waals surface area (Å²) in [4.78, 5) is 10.6. The van der Waals surface area contributed by atoms with Crippen LogP contribution in [0.1, 0.15) is 11.1 Å². The Balaban J connectivity index is 2.95. The van der Waals surface area contributed by atoms with Gasteiger partial charge in [0.25, 0.3) is 0 Å². The zero-order valence-corrected chi connectivity index (χ0v) is 8.81. The second-order valence-corrected chi connectivity index (χ2v) is 3.79. The van der Waals surface area contributed by atoms with Gasteiger partial charge in [0.2, 0.25) is 5.91 Å². The average Bonchev–Trinajstić information content (AvgIpc) is 2.13. The van der Waals surface area contributed by atoms with E-state index < -0.39 is 22.9 Å². The minimum absolute atomic E-state index is 0.0527. The lowest BCUT2D eigenvalue weighted by molar-refractivity contribution is -0.117. The molecule has 5 heteroatoms. The first-order valence-electron chi connectivity index (χ1n) is 4.29. The predicted octanol–water partition coefficient (Wildman–Crippen LogP) is 1.91. The van der Waals surface area contributed by atoms with E-state index in [-0.39, 0.29) is 17.5 Å². The van der Waals surface area contributed by atoms with Crippen molar-refractivity contribution in [3.8, 4) is 0 Å². The smallest absolute Gasteiger partial charge is 0.235 e. The van der Waals surface area contributed by atoms with Crippen molar-refractivity contribution in [1.82, 2.24) is 0 Å². The van der Waals surface area contributed by atoms with E-state index in [0.29, 0.717) is 0 Å². The highest BCUT2D eigenvalue weighted by Gasteiger charge is 2.16. The first kappa shape index (κ1) is 11.9. The summed E-state index contributed by atoms with van der Waals surface area (Å²) in [6.07, 6.45) is -0.111. The number of nitrogens with two attached hydrogens (primary N) is 1. The van der Waals surface area contributed by atoms with E-state index in [0.717, 1.165) is 12.1 Å². The van der Waals surface area contributed by atoms with Gasteiger partial charge >= 0.3 is 0 Å². The topological polar surface area (TPSA) is 43.1 Å². The van der Waals surface area contributed by atoms with Gasteiger partial charge in [-0.2, -0.15) is 0 Å². The van der Waals surface area contributed by atoms with Crippen LogP contribution in [-0.2, 0) is 11.2 Å². The summed E-state index contributed by atoms with van der Waals surface area (Å²) >= 11 is 5.55. The zero-order valence-electron chi connectivity index (χ0n) is 8.06. The largest absolute Gasteiger partial charge is 0.368 e. The third kappa shape index (κ3) is 2.89. The number of alkyl halides is 1. The van der Waals surface area contributed by atoms with Gasteiger partial charge in [-0.15, -0.1) is 11.6 Å². The third-order valence-electron chi connectivity index (χ3n) is 2.04. The van der Waals surface area contributed by atoms with Crippen LogP contribution in [-0.4, -0.2) is 11.3 Å². The molecule has 0 aliphatic carbocycles. The molecule has 0 radical (unpaired) electrons. The fraction of sp³-hybridized carbons (Fsp3) is 0.300. The molecular weight excluding hydrogens is 224 g/mol. The van der Waals surface area contributed by atoms with Crippen LogP contribution in [0.4, 0.5) is 8.78 Å². The van der Waals surface area contributed by atoms with Gasteiger partial charge in [-0.1, -0.05) is 0 Å². The van der Waals surface area contributed by atoms with Gasteiger partial charge in [-0.25, -0.2) is 8.78 Å². The van der Waals surface area contributed by atoms with Crippen molar-refractivity contribution in [2.75, 3.05) is 0 Å². The van der Waals surface area contributed by atoms with Crippen molar-refractivity contribution in [3.63, 3.8) is 0 Å². The third-order valence-corrected chi connectivity index (χ3v) is 2.40. The van der Waals surface area contributed by atoms with E-state index in [2.05, 4.69) is 0 Å². The molecule has 82 valence electrons. The summed E-state index contributed by atoms with van der Waals surface area (Å²) in [5.41, 5.74) is 5.18. The molecule has 0 saturated carbocycles. The van der Waals surface area contributed by atoms with Gasteiger partial charge in [0.05, 0.1) is 0 Å². The van der Waals surface area contributed by atoms with E-state index in [9.17, 15) is 13.6 Å². The van der Waals surface area contributed by atoms with E-state index in [1.165, 1.54) is 6.92 Å². The van der Waals surface area contributed by atoms with Crippen LogP contribution < -0.4 is 5.73 Å². The number of hydrogen-bond donors (Lipinski definition) is 1. The summed E-state index contributed by atoms with van der Waals surface area (Å²) in [6, 6.07) is 2.10. The molecule has 0 heterocycles. The summed E-state index contributed by atoms with van der Waals surface area (Å²) in [6.45, 7) is 1.45. The van der Waals surface area contributed by atoms with Crippen molar-refractivity contribution in [1.29, 1.82) is 0 Å². The average molecular weight is 234 g/mol. The van der Waals surface area contributed by atoms with Crippen LogP contribution in [0.2, 0.25) is 0 Å². The first-order valence-corrected chi connectivity index (χ1v) is 4.73. The maximum atomic E-state index is 13.3. The fourth-order valence-electron chi connectivity index (χ4n) is 1.14. The molecule has 1 rings (SSSR count). The van der Waals surface area contributed by atoms with Crippen molar-refractivity contribution in [2.45, 2.75) is 18.7 Å². The van der Waals surface area contributed by atoms with Crippen LogP contribution in [0.3, 0.4) is 0 Å². The lowest BCUT2D eigenvalue weighted by Gasteiger charge is -2.07. The molecule has 1 aromatic rings. The zero-order chi connectivity index (χ0) is 11.6. The number of amides is 1. The molecule has 15 heavy (non-hydrogen) atoms. The molecule has 1 unspecified atom stereocenters. The fourth-order valence-corrected chi connectivity index (χ4v) is 1.30. The molecule has 0 aliphatic heterocycles. The molecule has 0 aliphatic rings. The van der Waals surface area contributed by atoms with Gasteiger partial charge in [0, 0.05) is 6.42 Å². The summed E-state index contributed by atoms with van der Waals surface area (Å²) in [5.74, 6) is -1.86. The van der Waals surface area contributed by atoms with Gasteiger partial charge in [-0.3, -0.25) is 4.79 Å².